The Morgan fingerprint density at radius 1 is 1.35 bits per heavy atom. The number of nitrogens with one attached hydrogen (secondary N) is 1. The highest BCUT2D eigenvalue weighted by Gasteiger charge is 2.40. The number of esters is 1. The Kier molecular flexibility index (Phi) is 6.88. The summed E-state index contributed by atoms with van der Waals surface area (Å²) in [5.41, 5.74) is -0.369. The summed E-state index contributed by atoms with van der Waals surface area (Å²) < 4.78 is 10.1. The zero-order chi connectivity index (χ0) is 17.6. The molecular formula is C17H24ClNO4. The van der Waals surface area contributed by atoms with Gasteiger partial charge in [0.1, 0.15) is 11.3 Å². The number of halogens is 1. The molecule has 1 rings (SSSR count). The van der Waals surface area contributed by atoms with Crippen LogP contribution in [0, 0.1) is 5.92 Å². The van der Waals surface area contributed by atoms with Crippen molar-refractivity contribution in [2.24, 2.45) is 5.92 Å². The van der Waals surface area contributed by atoms with E-state index in [1.54, 1.807) is 25.1 Å². The second kappa shape index (κ2) is 8.20. The molecule has 5 nitrogen and oxygen atoms in total. The van der Waals surface area contributed by atoms with E-state index in [1.165, 1.54) is 14.2 Å². The van der Waals surface area contributed by atoms with Gasteiger partial charge in [0.05, 0.1) is 20.6 Å². The van der Waals surface area contributed by atoms with E-state index in [4.69, 9.17) is 21.1 Å². The van der Waals surface area contributed by atoms with Gasteiger partial charge in [-0.25, -0.2) is 4.79 Å². The van der Waals surface area contributed by atoms with Gasteiger partial charge < -0.3 is 14.8 Å². The normalized spacial score (nSPS) is 14.5. The summed E-state index contributed by atoms with van der Waals surface area (Å²) in [4.78, 5) is 24.5. The van der Waals surface area contributed by atoms with E-state index in [0.717, 1.165) is 6.42 Å². The van der Waals surface area contributed by atoms with Crippen molar-refractivity contribution in [2.75, 3.05) is 14.2 Å². The van der Waals surface area contributed by atoms with Crippen LogP contribution in [-0.2, 0) is 20.7 Å². The topological polar surface area (TPSA) is 64.6 Å². The monoisotopic (exact) mass is 341 g/mol. The second-order valence-corrected chi connectivity index (χ2v) is 6.12. The molecule has 0 radical (unpaired) electrons. The molecule has 0 saturated carbocycles. The first kappa shape index (κ1) is 19.3. The third kappa shape index (κ3) is 4.61. The van der Waals surface area contributed by atoms with E-state index in [0.29, 0.717) is 16.3 Å². The van der Waals surface area contributed by atoms with Gasteiger partial charge in [-0.3, -0.25) is 4.79 Å². The molecule has 0 heterocycles. The van der Waals surface area contributed by atoms with Gasteiger partial charge in [-0.15, -0.1) is 0 Å². The average Bonchev–Trinajstić information content (AvgIpc) is 2.54. The first-order valence-electron chi connectivity index (χ1n) is 7.50. The van der Waals surface area contributed by atoms with Crippen LogP contribution in [0.5, 0.6) is 5.75 Å². The number of rotatable bonds is 7. The Labute approximate surface area is 142 Å². The number of amides is 1. The average molecular weight is 342 g/mol. The lowest BCUT2D eigenvalue weighted by molar-refractivity contribution is -0.152. The highest BCUT2D eigenvalue weighted by Crippen LogP contribution is 2.25. The molecule has 0 fully saturated rings. The quantitative estimate of drug-likeness (QED) is 0.774. The Morgan fingerprint density at radius 3 is 2.52 bits per heavy atom. The van der Waals surface area contributed by atoms with Crippen molar-refractivity contribution in [3.05, 3.63) is 28.8 Å². The molecule has 128 valence electrons. The Balaban J connectivity index is 2.95. The number of hydrogen-bond acceptors (Lipinski definition) is 4. The molecule has 1 aromatic carbocycles. The van der Waals surface area contributed by atoms with Crippen LogP contribution in [0.2, 0.25) is 5.02 Å². The summed E-state index contributed by atoms with van der Waals surface area (Å²) in [6.07, 6.45) is 0.819. The summed E-state index contributed by atoms with van der Waals surface area (Å²) in [7, 11) is 2.84. The van der Waals surface area contributed by atoms with Crippen LogP contribution < -0.4 is 10.1 Å². The van der Waals surface area contributed by atoms with E-state index in [2.05, 4.69) is 5.32 Å². The molecule has 0 aliphatic carbocycles. The zero-order valence-electron chi connectivity index (χ0n) is 14.2. The first-order valence-corrected chi connectivity index (χ1v) is 7.88. The van der Waals surface area contributed by atoms with E-state index in [1.807, 2.05) is 13.8 Å². The lowest BCUT2D eigenvalue weighted by Crippen LogP contribution is -2.57. The van der Waals surface area contributed by atoms with Gasteiger partial charge in [-0.1, -0.05) is 37.9 Å². The van der Waals surface area contributed by atoms with Crippen LogP contribution in [0.25, 0.3) is 0 Å². The maximum atomic E-state index is 12.4. The summed E-state index contributed by atoms with van der Waals surface area (Å²) in [5, 5.41) is 3.34. The van der Waals surface area contributed by atoms with Crippen LogP contribution in [0.1, 0.15) is 32.8 Å². The minimum absolute atomic E-state index is 0.0639. The van der Waals surface area contributed by atoms with Crippen molar-refractivity contribution in [1.29, 1.82) is 0 Å². The number of carbonyl (C=O) groups excluding carboxylic acids is 2. The van der Waals surface area contributed by atoms with E-state index >= 15 is 0 Å². The molecule has 0 bridgehead atoms. The molecule has 1 N–H and O–H groups in total. The highest BCUT2D eigenvalue weighted by molar-refractivity contribution is 6.30. The Bertz CT molecular complexity index is 576. The minimum atomic E-state index is -1.07. The van der Waals surface area contributed by atoms with Crippen LogP contribution in [0.4, 0.5) is 0 Å². The molecule has 0 saturated heterocycles. The molecule has 6 heteroatoms. The number of carbonyl (C=O) groups is 2. The lowest BCUT2D eigenvalue weighted by Gasteiger charge is -2.33. The molecule has 23 heavy (non-hydrogen) atoms. The van der Waals surface area contributed by atoms with Gasteiger partial charge in [-0.2, -0.15) is 0 Å². The Morgan fingerprint density at radius 2 is 2.00 bits per heavy atom. The smallest absolute Gasteiger partial charge is 0.331 e. The van der Waals surface area contributed by atoms with Crippen molar-refractivity contribution in [2.45, 2.75) is 39.2 Å². The van der Waals surface area contributed by atoms with Crippen molar-refractivity contribution in [1.82, 2.24) is 5.32 Å². The number of ether oxygens (including phenoxy) is 2. The van der Waals surface area contributed by atoms with Gasteiger partial charge >= 0.3 is 5.97 Å². The largest absolute Gasteiger partial charge is 0.496 e. The molecule has 0 spiro atoms. The molecule has 0 aromatic heterocycles. The molecule has 1 aromatic rings. The number of benzene rings is 1. The fourth-order valence-electron chi connectivity index (χ4n) is 2.37. The summed E-state index contributed by atoms with van der Waals surface area (Å²) in [6.45, 7) is 5.55. The van der Waals surface area contributed by atoms with Gasteiger partial charge in [0, 0.05) is 10.6 Å². The van der Waals surface area contributed by atoms with Crippen molar-refractivity contribution >= 4 is 23.5 Å². The van der Waals surface area contributed by atoms with Crippen molar-refractivity contribution < 1.29 is 19.1 Å². The van der Waals surface area contributed by atoms with Crippen molar-refractivity contribution in [3.63, 3.8) is 0 Å². The summed E-state index contributed by atoms with van der Waals surface area (Å²) >= 11 is 5.92. The first-order chi connectivity index (χ1) is 10.8. The van der Waals surface area contributed by atoms with Crippen LogP contribution in [0.15, 0.2) is 18.2 Å². The van der Waals surface area contributed by atoms with Gasteiger partial charge in [0.25, 0.3) is 0 Å². The predicted octanol–water partition coefficient (Wildman–Crippen LogP) is 2.99. The molecule has 2 atom stereocenters. The SMILES string of the molecule is CCC(C)C(C)(NC(=O)Cc1ccc(Cl)cc1OC)C(=O)OC. The standard InChI is InChI=1S/C17H24ClNO4/c1-6-11(2)17(3,16(21)23-5)19-15(20)9-12-7-8-13(18)10-14(12)22-4/h7-8,10-11H,6,9H2,1-5H3,(H,19,20). The van der Waals surface area contributed by atoms with Crippen LogP contribution in [0.3, 0.4) is 0 Å². The minimum Gasteiger partial charge on any atom is -0.496 e. The maximum Gasteiger partial charge on any atom is 0.331 e. The van der Waals surface area contributed by atoms with Crippen LogP contribution in [-0.4, -0.2) is 31.6 Å². The van der Waals surface area contributed by atoms with Gasteiger partial charge in [0.2, 0.25) is 5.91 Å². The van der Waals surface area contributed by atoms with E-state index in [9.17, 15) is 9.59 Å². The maximum absolute atomic E-state index is 12.4. The highest BCUT2D eigenvalue weighted by atomic mass is 35.5. The van der Waals surface area contributed by atoms with E-state index in [-0.39, 0.29) is 18.2 Å². The lowest BCUT2D eigenvalue weighted by atomic mass is 9.84. The van der Waals surface area contributed by atoms with Crippen LogP contribution >= 0.6 is 11.6 Å². The van der Waals surface area contributed by atoms with Gasteiger partial charge in [-0.05, 0) is 25.0 Å². The second-order valence-electron chi connectivity index (χ2n) is 5.68. The van der Waals surface area contributed by atoms with Gasteiger partial charge in [0.15, 0.2) is 0 Å². The zero-order valence-corrected chi connectivity index (χ0v) is 15.0. The molecule has 0 aliphatic rings. The predicted molar refractivity (Wildman–Crippen MR) is 89.7 cm³/mol. The molecular weight excluding hydrogens is 318 g/mol. The third-order valence-electron chi connectivity index (χ3n) is 4.21. The third-order valence-corrected chi connectivity index (χ3v) is 4.44. The van der Waals surface area contributed by atoms with Crippen molar-refractivity contribution in [3.8, 4) is 5.75 Å². The van der Waals surface area contributed by atoms with E-state index < -0.39 is 11.5 Å². The fourth-order valence-corrected chi connectivity index (χ4v) is 2.53. The molecule has 1 amide bonds. The summed E-state index contributed by atoms with van der Waals surface area (Å²) in [6, 6.07) is 5.08. The summed E-state index contributed by atoms with van der Waals surface area (Å²) in [5.74, 6) is -0.260. The molecule has 2 unspecified atom stereocenters. The number of methoxy groups -OCH3 is 2. The molecule has 0 aliphatic heterocycles. The Hall–Kier alpha value is -1.75. The number of hydrogen-bond donors (Lipinski definition) is 1. The fraction of sp³-hybridized carbons (Fsp3) is 0.529.